The lowest BCUT2D eigenvalue weighted by atomic mass is 10.1. The number of hydrogen-bond acceptors (Lipinski definition) is 4. The van der Waals surface area contributed by atoms with Crippen molar-refractivity contribution in [3.8, 4) is 0 Å². The molecule has 0 bridgehead atoms. The summed E-state index contributed by atoms with van der Waals surface area (Å²) >= 11 is 7.57. The molecule has 0 N–H and O–H groups in total. The van der Waals surface area contributed by atoms with E-state index in [4.69, 9.17) is 0 Å². The molecule has 156 valence electrons. The predicted octanol–water partition coefficient (Wildman–Crippen LogP) is 10.2. The molecular weight excluding hydrogens is 465 g/mol. The highest BCUT2D eigenvalue weighted by Crippen LogP contribution is 2.46. The third-order valence-corrected chi connectivity index (χ3v) is 10.5. The standard InChI is InChI=1S/C28H20S4/c1-17-27(31-21-9-5-3-6-10-21)23-13-19-16-26-24(14-20(19)15-25(23)29-17)28(18(2)30-26)32-22-11-7-4-8-12-22/h3-16H,1-2H3. The minimum absolute atomic E-state index is 1.29. The van der Waals surface area contributed by atoms with Crippen molar-refractivity contribution in [1.82, 2.24) is 0 Å². The fraction of sp³-hybridized carbons (Fsp3) is 0.0714. The largest absolute Gasteiger partial charge is 0.139 e. The van der Waals surface area contributed by atoms with Crippen molar-refractivity contribution in [2.75, 3.05) is 0 Å². The van der Waals surface area contributed by atoms with Gasteiger partial charge in [0.05, 0.1) is 0 Å². The van der Waals surface area contributed by atoms with Crippen molar-refractivity contribution in [3.63, 3.8) is 0 Å². The number of aryl methyl sites for hydroxylation is 2. The van der Waals surface area contributed by atoms with Crippen molar-refractivity contribution in [3.05, 3.63) is 94.7 Å². The maximum atomic E-state index is 2.40. The van der Waals surface area contributed by atoms with Crippen LogP contribution in [-0.4, -0.2) is 0 Å². The van der Waals surface area contributed by atoms with Crippen LogP contribution in [0.4, 0.5) is 0 Å². The zero-order valence-electron chi connectivity index (χ0n) is 17.7. The second-order valence-electron chi connectivity index (χ2n) is 7.85. The van der Waals surface area contributed by atoms with Crippen LogP contribution in [0.15, 0.2) is 105 Å². The summed E-state index contributed by atoms with van der Waals surface area (Å²) in [6.45, 7) is 4.49. The van der Waals surface area contributed by atoms with E-state index in [0.29, 0.717) is 0 Å². The predicted molar refractivity (Wildman–Crippen MR) is 145 cm³/mol. The van der Waals surface area contributed by atoms with Crippen molar-refractivity contribution < 1.29 is 0 Å². The van der Waals surface area contributed by atoms with E-state index in [2.05, 4.69) is 98.8 Å². The third kappa shape index (κ3) is 3.65. The van der Waals surface area contributed by atoms with Crippen molar-refractivity contribution in [2.24, 2.45) is 0 Å². The van der Waals surface area contributed by atoms with Crippen LogP contribution in [0.25, 0.3) is 30.9 Å². The molecule has 2 heterocycles. The summed E-state index contributed by atoms with van der Waals surface area (Å²) in [4.78, 5) is 8.15. The average molecular weight is 485 g/mol. The van der Waals surface area contributed by atoms with E-state index in [1.807, 2.05) is 46.2 Å². The lowest BCUT2D eigenvalue weighted by Crippen LogP contribution is -1.78. The van der Waals surface area contributed by atoms with Crippen LogP contribution in [0.2, 0.25) is 0 Å². The molecule has 6 aromatic rings. The van der Waals surface area contributed by atoms with E-state index in [0.717, 1.165) is 0 Å². The van der Waals surface area contributed by atoms with Gasteiger partial charge in [-0.05, 0) is 73.2 Å². The normalized spacial score (nSPS) is 11.7. The molecule has 0 fully saturated rings. The molecule has 0 spiro atoms. The van der Waals surface area contributed by atoms with Crippen molar-refractivity contribution >= 4 is 77.1 Å². The van der Waals surface area contributed by atoms with Crippen LogP contribution < -0.4 is 0 Å². The average Bonchev–Trinajstić information content (AvgIpc) is 3.27. The van der Waals surface area contributed by atoms with Crippen molar-refractivity contribution in [1.29, 1.82) is 0 Å². The number of fused-ring (bicyclic) bond motifs is 3. The molecule has 0 saturated carbocycles. The molecule has 4 aromatic carbocycles. The van der Waals surface area contributed by atoms with Gasteiger partial charge in [0.2, 0.25) is 0 Å². The minimum Gasteiger partial charge on any atom is -0.139 e. The van der Waals surface area contributed by atoms with Gasteiger partial charge in [0, 0.05) is 49.5 Å². The Morgan fingerprint density at radius 1 is 0.531 bits per heavy atom. The second kappa shape index (κ2) is 8.27. The Labute approximate surface area is 204 Å². The van der Waals surface area contributed by atoms with Crippen LogP contribution in [0.3, 0.4) is 0 Å². The Balaban J connectivity index is 1.49. The Morgan fingerprint density at radius 2 is 0.938 bits per heavy atom. The maximum absolute atomic E-state index is 2.40. The van der Waals surface area contributed by atoms with Crippen LogP contribution in [0.1, 0.15) is 9.75 Å². The number of rotatable bonds is 4. The number of benzene rings is 4. The number of thiophene rings is 2. The molecule has 0 nitrogen and oxygen atoms in total. The van der Waals surface area contributed by atoms with Gasteiger partial charge in [0.1, 0.15) is 0 Å². The molecule has 0 aliphatic carbocycles. The lowest BCUT2D eigenvalue weighted by Gasteiger charge is -2.05. The summed E-state index contributed by atoms with van der Waals surface area (Å²) in [5, 5.41) is 5.41. The Bertz CT molecular complexity index is 1450. The molecule has 0 saturated heterocycles. The lowest BCUT2D eigenvalue weighted by molar-refractivity contribution is 1.41. The number of hydrogen-bond donors (Lipinski definition) is 0. The topological polar surface area (TPSA) is 0 Å². The van der Waals surface area contributed by atoms with E-state index >= 15 is 0 Å². The first-order valence-corrected chi connectivity index (χ1v) is 13.8. The van der Waals surface area contributed by atoms with Crippen LogP contribution in [-0.2, 0) is 0 Å². The van der Waals surface area contributed by atoms with Gasteiger partial charge in [-0.15, -0.1) is 22.7 Å². The van der Waals surface area contributed by atoms with Gasteiger partial charge in [0.25, 0.3) is 0 Å². The van der Waals surface area contributed by atoms with Gasteiger partial charge in [-0.1, -0.05) is 59.9 Å². The SMILES string of the molecule is Cc1sc2cc3cc4c(Sc5ccccc5)c(C)sc4cc3cc2c1Sc1ccccc1. The maximum Gasteiger partial charge on any atom is 0.0363 e. The van der Waals surface area contributed by atoms with E-state index in [9.17, 15) is 0 Å². The highest BCUT2D eigenvalue weighted by Gasteiger charge is 2.15. The highest BCUT2D eigenvalue weighted by molar-refractivity contribution is 8.00. The monoisotopic (exact) mass is 484 g/mol. The smallest absolute Gasteiger partial charge is 0.0363 e. The van der Waals surface area contributed by atoms with Crippen LogP contribution in [0, 0.1) is 13.8 Å². The van der Waals surface area contributed by atoms with Gasteiger partial charge in [-0.2, -0.15) is 0 Å². The fourth-order valence-electron chi connectivity index (χ4n) is 4.10. The van der Waals surface area contributed by atoms with E-state index in [1.54, 1.807) is 0 Å². The fourth-order valence-corrected chi connectivity index (χ4v) is 8.61. The molecule has 0 atom stereocenters. The van der Waals surface area contributed by atoms with Gasteiger partial charge in [0.15, 0.2) is 0 Å². The zero-order valence-corrected chi connectivity index (χ0v) is 21.0. The quantitative estimate of drug-likeness (QED) is 0.244. The summed E-state index contributed by atoms with van der Waals surface area (Å²) < 4.78 is 2.74. The van der Waals surface area contributed by atoms with Gasteiger partial charge in [-0.3, -0.25) is 0 Å². The summed E-state index contributed by atoms with van der Waals surface area (Å²) in [6, 6.07) is 31.0. The molecule has 32 heavy (non-hydrogen) atoms. The summed E-state index contributed by atoms with van der Waals surface area (Å²) in [5.74, 6) is 0. The molecule has 0 amide bonds. The zero-order chi connectivity index (χ0) is 21.7. The van der Waals surface area contributed by atoms with E-state index in [-0.39, 0.29) is 0 Å². The van der Waals surface area contributed by atoms with Gasteiger partial charge < -0.3 is 0 Å². The summed E-state index contributed by atoms with van der Waals surface area (Å²) in [6.07, 6.45) is 0. The highest BCUT2D eigenvalue weighted by atomic mass is 32.2. The van der Waals surface area contributed by atoms with Gasteiger partial charge >= 0.3 is 0 Å². The van der Waals surface area contributed by atoms with E-state index < -0.39 is 0 Å². The van der Waals surface area contributed by atoms with Crippen LogP contribution >= 0.6 is 46.2 Å². The first kappa shape index (κ1) is 20.4. The minimum atomic E-state index is 1.29. The van der Waals surface area contributed by atoms with Crippen molar-refractivity contribution in [2.45, 2.75) is 33.4 Å². The summed E-state index contributed by atoms with van der Waals surface area (Å²) in [7, 11) is 0. The molecule has 4 heteroatoms. The Kier molecular flexibility index (Phi) is 5.27. The molecule has 0 unspecified atom stereocenters. The molecule has 0 aliphatic heterocycles. The Morgan fingerprint density at radius 3 is 1.34 bits per heavy atom. The third-order valence-electron chi connectivity index (χ3n) is 5.62. The molecule has 2 aromatic heterocycles. The van der Waals surface area contributed by atoms with E-state index in [1.165, 1.54) is 60.3 Å². The van der Waals surface area contributed by atoms with Gasteiger partial charge in [-0.25, -0.2) is 0 Å². The Hall–Kier alpha value is -2.24. The molecule has 0 radical (unpaired) electrons. The first-order chi connectivity index (χ1) is 15.7. The molecular formula is C28H20S4. The van der Waals surface area contributed by atoms with Crippen LogP contribution in [0.5, 0.6) is 0 Å². The molecule has 0 aliphatic rings. The molecule has 6 rings (SSSR count). The summed E-state index contributed by atoms with van der Waals surface area (Å²) in [5.41, 5.74) is 0. The second-order valence-corrected chi connectivity index (χ2v) is 12.5. The first-order valence-electron chi connectivity index (χ1n) is 10.5.